The summed E-state index contributed by atoms with van der Waals surface area (Å²) in [6.07, 6.45) is 1.12. The maximum atomic E-state index is 13.4. The topological polar surface area (TPSA) is 64.3 Å². The van der Waals surface area contributed by atoms with E-state index in [4.69, 9.17) is 10.5 Å². The first-order valence-corrected chi connectivity index (χ1v) is 7.19. The normalized spacial score (nSPS) is 22.4. The summed E-state index contributed by atoms with van der Waals surface area (Å²) in [5.41, 5.74) is 6.10. The zero-order valence-corrected chi connectivity index (χ0v) is 11.5. The van der Waals surface area contributed by atoms with Crippen LogP contribution in [-0.4, -0.2) is 29.6 Å². The van der Waals surface area contributed by atoms with Crippen LogP contribution in [0, 0.1) is 5.82 Å². The lowest BCUT2D eigenvalue weighted by atomic mass is 10.2. The number of hydrogen-bond donors (Lipinski definition) is 2. The molecule has 1 aliphatic heterocycles. The smallest absolute Gasteiger partial charge is 0.234 e. The summed E-state index contributed by atoms with van der Waals surface area (Å²) in [5.74, 6) is -0.425. The van der Waals surface area contributed by atoms with Crippen molar-refractivity contribution in [3.63, 3.8) is 0 Å². The molecule has 1 heterocycles. The van der Waals surface area contributed by atoms with Gasteiger partial charge in [0.25, 0.3) is 0 Å². The van der Waals surface area contributed by atoms with Crippen molar-refractivity contribution in [3.05, 3.63) is 24.0 Å². The van der Waals surface area contributed by atoms with Crippen LogP contribution in [0.3, 0.4) is 0 Å². The SMILES string of the molecule is CC1OCCC1SCC(=O)Nc1cc(N)ccc1F. The number of thioether (sulfide) groups is 1. The summed E-state index contributed by atoms with van der Waals surface area (Å²) in [4.78, 5) is 11.8. The Morgan fingerprint density at radius 2 is 2.42 bits per heavy atom. The maximum Gasteiger partial charge on any atom is 0.234 e. The predicted molar refractivity (Wildman–Crippen MR) is 75.7 cm³/mol. The molecule has 0 bridgehead atoms. The molecule has 0 spiro atoms. The number of halogens is 1. The van der Waals surface area contributed by atoms with E-state index in [0.29, 0.717) is 10.9 Å². The predicted octanol–water partition coefficient (Wildman–Crippen LogP) is 2.26. The van der Waals surface area contributed by atoms with Gasteiger partial charge in [-0.25, -0.2) is 4.39 Å². The number of rotatable bonds is 4. The number of amides is 1. The van der Waals surface area contributed by atoms with Crippen molar-refractivity contribution in [2.75, 3.05) is 23.4 Å². The molecule has 2 rings (SSSR count). The molecule has 0 aromatic heterocycles. The zero-order chi connectivity index (χ0) is 13.8. The van der Waals surface area contributed by atoms with Crippen molar-refractivity contribution in [3.8, 4) is 0 Å². The van der Waals surface area contributed by atoms with Gasteiger partial charge in [-0.1, -0.05) is 0 Å². The lowest BCUT2D eigenvalue weighted by molar-refractivity contribution is -0.113. The molecule has 0 aliphatic carbocycles. The molecule has 1 saturated heterocycles. The molecule has 0 saturated carbocycles. The van der Waals surface area contributed by atoms with Crippen LogP contribution in [0.4, 0.5) is 15.8 Å². The van der Waals surface area contributed by atoms with Crippen molar-refractivity contribution >= 4 is 29.0 Å². The number of nitrogen functional groups attached to an aromatic ring is 1. The number of anilines is 2. The van der Waals surface area contributed by atoms with Crippen molar-refractivity contribution in [1.29, 1.82) is 0 Å². The van der Waals surface area contributed by atoms with Crippen LogP contribution in [0.2, 0.25) is 0 Å². The molecule has 3 N–H and O–H groups in total. The van der Waals surface area contributed by atoms with Gasteiger partial charge in [0, 0.05) is 17.5 Å². The largest absolute Gasteiger partial charge is 0.399 e. The van der Waals surface area contributed by atoms with Gasteiger partial charge in [0.15, 0.2) is 0 Å². The minimum Gasteiger partial charge on any atom is -0.399 e. The summed E-state index contributed by atoms with van der Waals surface area (Å²) in [6, 6.07) is 4.11. The standard InChI is InChI=1S/C13H17FN2O2S/c1-8-12(4-5-18-8)19-7-13(17)16-11-6-9(15)2-3-10(11)14/h2-3,6,8,12H,4-5,7,15H2,1H3,(H,16,17). The number of carbonyl (C=O) groups excluding carboxylic acids is 1. The minimum absolute atomic E-state index is 0.126. The van der Waals surface area contributed by atoms with Gasteiger partial charge in [-0.3, -0.25) is 4.79 Å². The molecule has 4 nitrogen and oxygen atoms in total. The first-order valence-electron chi connectivity index (χ1n) is 6.14. The van der Waals surface area contributed by atoms with E-state index in [9.17, 15) is 9.18 Å². The van der Waals surface area contributed by atoms with E-state index in [0.717, 1.165) is 13.0 Å². The van der Waals surface area contributed by atoms with Gasteiger partial charge in [0.05, 0.1) is 17.5 Å². The Hall–Kier alpha value is -1.27. The van der Waals surface area contributed by atoms with E-state index < -0.39 is 5.82 Å². The van der Waals surface area contributed by atoms with Crippen LogP contribution < -0.4 is 11.1 Å². The van der Waals surface area contributed by atoms with Gasteiger partial charge < -0.3 is 15.8 Å². The number of nitrogens with one attached hydrogen (secondary N) is 1. The summed E-state index contributed by atoms with van der Waals surface area (Å²) in [6.45, 7) is 2.74. The fourth-order valence-corrected chi connectivity index (χ4v) is 2.99. The lowest BCUT2D eigenvalue weighted by Crippen LogP contribution is -2.20. The fourth-order valence-electron chi connectivity index (χ4n) is 1.94. The highest BCUT2D eigenvalue weighted by atomic mass is 32.2. The zero-order valence-electron chi connectivity index (χ0n) is 10.7. The van der Waals surface area contributed by atoms with E-state index in [2.05, 4.69) is 5.32 Å². The third-order valence-corrected chi connectivity index (χ3v) is 4.48. The molecular weight excluding hydrogens is 267 g/mol. The molecule has 1 fully saturated rings. The van der Waals surface area contributed by atoms with Crippen LogP contribution in [0.1, 0.15) is 13.3 Å². The van der Waals surface area contributed by atoms with Gasteiger partial charge in [-0.05, 0) is 31.5 Å². The number of carbonyl (C=O) groups is 1. The molecule has 1 aromatic carbocycles. The number of benzene rings is 1. The van der Waals surface area contributed by atoms with E-state index in [1.165, 1.54) is 30.0 Å². The number of ether oxygens (including phenoxy) is 1. The molecule has 104 valence electrons. The van der Waals surface area contributed by atoms with Gasteiger partial charge in [-0.15, -0.1) is 11.8 Å². The van der Waals surface area contributed by atoms with E-state index in [1.54, 1.807) is 0 Å². The van der Waals surface area contributed by atoms with Gasteiger partial charge >= 0.3 is 0 Å². The molecule has 19 heavy (non-hydrogen) atoms. The summed E-state index contributed by atoms with van der Waals surface area (Å²) < 4.78 is 18.9. The molecular formula is C13H17FN2O2S. The molecule has 6 heteroatoms. The third kappa shape index (κ3) is 3.84. The second-order valence-corrected chi connectivity index (χ2v) is 5.73. The van der Waals surface area contributed by atoms with Crippen LogP contribution in [0.15, 0.2) is 18.2 Å². The summed E-state index contributed by atoms with van der Waals surface area (Å²) in [7, 11) is 0. The molecule has 2 unspecified atom stereocenters. The van der Waals surface area contributed by atoms with Crippen LogP contribution in [-0.2, 0) is 9.53 Å². The minimum atomic E-state index is -0.481. The highest BCUT2D eigenvalue weighted by molar-refractivity contribution is 8.00. The number of nitrogens with two attached hydrogens (primary N) is 1. The lowest BCUT2D eigenvalue weighted by Gasteiger charge is -2.13. The third-order valence-electron chi connectivity index (χ3n) is 3.00. The molecule has 1 aliphatic rings. The van der Waals surface area contributed by atoms with Crippen LogP contribution in [0.5, 0.6) is 0 Å². The molecule has 1 amide bonds. The van der Waals surface area contributed by atoms with Crippen molar-refractivity contribution in [2.45, 2.75) is 24.7 Å². The quantitative estimate of drug-likeness (QED) is 0.832. The Morgan fingerprint density at radius 3 is 3.11 bits per heavy atom. The van der Waals surface area contributed by atoms with E-state index >= 15 is 0 Å². The van der Waals surface area contributed by atoms with Gasteiger partial charge in [0.1, 0.15) is 5.82 Å². The van der Waals surface area contributed by atoms with E-state index in [1.807, 2.05) is 6.92 Å². The first-order chi connectivity index (χ1) is 9.06. The average Bonchev–Trinajstić information content (AvgIpc) is 2.77. The van der Waals surface area contributed by atoms with Crippen LogP contribution >= 0.6 is 11.8 Å². The van der Waals surface area contributed by atoms with E-state index in [-0.39, 0.29) is 23.5 Å². The Balaban J connectivity index is 1.85. The van der Waals surface area contributed by atoms with Crippen molar-refractivity contribution in [2.24, 2.45) is 0 Å². The first kappa shape index (κ1) is 14.1. The van der Waals surface area contributed by atoms with Crippen LogP contribution in [0.25, 0.3) is 0 Å². The van der Waals surface area contributed by atoms with Crippen molar-refractivity contribution < 1.29 is 13.9 Å². The Labute approximate surface area is 115 Å². The average molecular weight is 284 g/mol. The number of hydrogen-bond acceptors (Lipinski definition) is 4. The van der Waals surface area contributed by atoms with Gasteiger partial charge in [0.2, 0.25) is 5.91 Å². The van der Waals surface area contributed by atoms with Gasteiger partial charge in [-0.2, -0.15) is 0 Å². The molecule has 0 radical (unpaired) electrons. The summed E-state index contributed by atoms with van der Waals surface area (Å²) in [5, 5.41) is 2.86. The maximum absolute atomic E-state index is 13.4. The second-order valence-electron chi connectivity index (χ2n) is 4.50. The monoisotopic (exact) mass is 284 g/mol. The molecule has 1 aromatic rings. The Bertz CT molecular complexity index is 470. The highest BCUT2D eigenvalue weighted by Gasteiger charge is 2.25. The van der Waals surface area contributed by atoms with Crippen molar-refractivity contribution in [1.82, 2.24) is 0 Å². The Morgan fingerprint density at radius 1 is 1.63 bits per heavy atom. The fraction of sp³-hybridized carbons (Fsp3) is 0.462. The Kier molecular flexibility index (Phi) is 4.66. The highest BCUT2D eigenvalue weighted by Crippen LogP contribution is 2.26. The molecule has 2 atom stereocenters. The second kappa shape index (κ2) is 6.25. The summed E-state index contributed by atoms with van der Waals surface area (Å²) >= 11 is 1.54.